The van der Waals surface area contributed by atoms with E-state index in [1.54, 1.807) is 12.4 Å². The summed E-state index contributed by atoms with van der Waals surface area (Å²) in [4.78, 5) is 28.5. The molecule has 3 heterocycles. The first kappa shape index (κ1) is 15.3. The summed E-state index contributed by atoms with van der Waals surface area (Å²) in [5.74, 6) is 0.316. The molecule has 1 aliphatic rings. The molecular formula is C14H19N7O2. The van der Waals surface area contributed by atoms with Gasteiger partial charge in [0.15, 0.2) is 0 Å². The fourth-order valence-electron chi connectivity index (χ4n) is 2.50. The van der Waals surface area contributed by atoms with Crippen LogP contribution in [0, 0.1) is 0 Å². The highest BCUT2D eigenvalue weighted by Crippen LogP contribution is 2.10. The van der Waals surface area contributed by atoms with Crippen molar-refractivity contribution in [1.29, 1.82) is 0 Å². The number of hydrogen-bond donors (Lipinski definition) is 0. The predicted molar refractivity (Wildman–Crippen MR) is 80.9 cm³/mol. The Morgan fingerprint density at radius 3 is 2.70 bits per heavy atom. The molecule has 3 rings (SSSR count). The van der Waals surface area contributed by atoms with Crippen LogP contribution in [0.5, 0.6) is 5.88 Å². The Morgan fingerprint density at radius 2 is 2.00 bits per heavy atom. The summed E-state index contributed by atoms with van der Waals surface area (Å²) < 4.78 is 6.84. The van der Waals surface area contributed by atoms with Crippen LogP contribution in [0.3, 0.4) is 0 Å². The average molecular weight is 317 g/mol. The van der Waals surface area contributed by atoms with Gasteiger partial charge in [-0.15, -0.1) is 0 Å². The molecule has 122 valence electrons. The number of nitrogens with zero attached hydrogens (tertiary/aromatic N) is 7. The van der Waals surface area contributed by atoms with Crippen molar-refractivity contribution < 1.29 is 9.53 Å². The fraction of sp³-hybridized carbons (Fsp3) is 0.500. The van der Waals surface area contributed by atoms with Crippen molar-refractivity contribution in [2.45, 2.75) is 6.54 Å². The van der Waals surface area contributed by atoms with E-state index in [-0.39, 0.29) is 5.91 Å². The van der Waals surface area contributed by atoms with Crippen LogP contribution in [0.25, 0.3) is 0 Å². The lowest BCUT2D eigenvalue weighted by molar-refractivity contribution is 0.0625. The molecular weight excluding hydrogens is 298 g/mol. The normalized spacial score (nSPS) is 15.6. The van der Waals surface area contributed by atoms with Gasteiger partial charge in [-0.25, -0.2) is 15.0 Å². The number of methoxy groups -OCH3 is 1. The first-order valence-corrected chi connectivity index (χ1v) is 7.46. The number of ether oxygens (including phenoxy) is 1. The molecule has 1 amide bonds. The van der Waals surface area contributed by atoms with E-state index in [4.69, 9.17) is 4.74 Å². The third-order valence-electron chi connectivity index (χ3n) is 3.84. The summed E-state index contributed by atoms with van der Waals surface area (Å²) in [7, 11) is 1.52. The van der Waals surface area contributed by atoms with Crippen molar-refractivity contribution in [3.8, 4) is 5.88 Å². The van der Waals surface area contributed by atoms with E-state index >= 15 is 0 Å². The van der Waals surface area contributed by atoms with Crippen molar-refractivity contribution in [3.05, 3.63) is 30.7 Å². The van der Waals surface area contributed by atoms with Crippen molar-refractivity contribution >= 4 is 5.91 Å². The number of aromatic nitrogens is 5. The summed E-state index contributed by atoms with van der Waals surface area (Å²) in [6.45, 7) is 4.74. The third-order valence-corrected chi connectivity index (χ3v) is 3.84. The van der Waals surface area contributed by atoms with Crippen LogP contribution in [-0.2, 0) is 6.54 Å². The highest BCUT2D eigenvalue weighted by molar-refractivity contribution is 5.92. The van der Waals surface area contributed by atoms with Crippen LogP contribution < -0.4 is 4.74 Å². The van der Waals surface area contributed by atoms with Crippen LogP contribution in [0.4, 0.5) is 0 Å². The quantitative estimate of drug-likeness (QED) is 0.737. The lowest BCUT2D eigenvalue weighted by atomic mass is 10.2. The van der Waals surface area contributed by atoms with E-state index in [1.807, 2.05) is 9.58 Å². The second-order valence-electron chi connectivity index (χ2n) is 5.24. The largest absolute Gasteiger partial charge is 0.481 e. The Morgan fingerprint density at radius 1 is 1.17 bits per heavy atom. The Labute approximate surface area is 133 Å². The maximum atomic E-state index is 12.5. The number of hydrogen-bond acceptors (Lipinski definition) is 7. The van der Waals surface area contributed by atoms with E-state index in [9.17, 15) is 4.79 Å². The van der Waals surface area contributed by atoms with Gasteiger partial charge >= 0.3 is 0 Å². The molecule has 1 saturated heterocycles. The van der Waals surface area contributed by atoms with Crippen molar-refractivity contribution in [2.24, 2.45) is 0 Å². The zero-order valence-electron chi connectivity index (χ0n) is 13.0. The summed E-state index contributed by atoms with van der Waals surface area (Å²) in [5.41, 5.74) is 0.368. The second-order valence-corrected chi connectivity index (χ2v) is 5.24. The summed E-state index contributed by atoms with van der Waals surface area (Å²) in [5, 5.41) is 4.09. The van der Waals surface area contributed by atoms with E-state index in [2.05, 4.69) is 25.0 Å². The zero-order chi connectivity index (χ0) is 16.1. The first-order valence-electron chi connectivity index (χ1n) is 7.46. The maximum absolute atomic E-state index is 12.5. The SMILES string of the molecule is COc1cc(C(=O)N2CCN(CCn3cncn3)CC2)ncn1. The van der Waals surface area contributed by atoms with E-state index in [0.29, 0.717) is 24.7 Å². The molecule has 0 aliphatic carbocycles. The Balaban J connectivity index is 1.50. The lowest BCUT2D eigenvalue weighted by Gasteiger charge is -2.34. The minimum Gasteiger partial charge on any atom is -0.481 e. The van der Waals surface area contributed by atoms with Crippen molar-refractivity contribution in [3.63, 3.8) is 0 Å². The van der Waals surface area contributed by atoms with Gasteiger partial charge in [0.05, 0.1) is 13.7 Å². The molecule has 9 heteroatoms. The van der Waals surface area contributed by atoms with Crippen molar-refractivity contribution in [2.75, 3.05) is 39.8 Å². The molecule has 0 saturated carbocycles. The van der Waals surface area contributed by atoms with Crippen LogP contribution in [-0.4, -0.2) is 80.3 Å². The topological polar surface area (TPSA) is 89.3 Å². The number of rotatable bonds is 5. The molecule has 0 bridgehead atoms. The van der Waals surface area contributed by atoms with E-state index in [1.165, 1.54) is 19.8 Å². The van der Waals surface area contributed by atoms with Gasteiger partial charge in [-0.2, -0.15) is 5.10 Å². The monoisotopic (exact) mass is 317 g/mol. The van der Waals surface area contributed by atoms with Gasteiger partial charge in [-0.1, -0.05) is 0 Å². The maximum Gasteiger partial charge on any atom is 0.272 e. The molecule has 2 aromatic heterocycles. The standard InChI is InChI=1S/C14H19N7O2/c1-23-13-8-12(16-10-17-13)14(22)20-5-2-19(3-6-20)4-7-21-11-15-9-18-21/h8-11H,2-7H2,1H3. The number of amides is 1. The van der Waals surface area contributed by atoms with E-state index < -0.39 is 0 Å². The third kappa shape index (κ3) is 3.81. The molecule has 2 aromatic rings. The smallest absolute Gasteiger partial charge is 0.272 e. The van der Waals surface area contributed by atoms with Gasteiger partial charge in [0, 0.05) is 38.8 Å². The highest BCUT2D eigenvalue weighted by Gasteiger charge is 2.23. The average Bonchev–Trinajstić information content (AvgIpc) is 3.13. The summed E-state index contributed by atoms with van der Waals surface area (Å²) >= 11 is 0. The Bertz CT molecular complexity index is 638. The minimum atomic E-state index is -0.0818. The molecule has 0 aromatic carbocycles. The first-order chi connectivity index (χ1) is 11.3. The molecule has 23 heavy (non-hydrogen) atoms. The molecule has 0 atom stereocenters. The predicted octanol–water partition coefficient (Wildman–Crippen LogP) is -0.465. The molecule has 1 fully saturated rings. The van der Waals surface area contributed by atoms with Crippen LogP contribution in [0.1, 0.15) is 10.5 Å². The van der Waals surface area contributed by atoms with Gasteiger partial charge in [0.1, 0.15) is 24.7 Å². The second kappa shape index (κ2) is 7.14. The molecule has 0 N–H and O–H groups in total. The van der Waals surface area contributed by atoms with Gasteiger partial charge in [0.2, 0.25) is 5.88 Å². The molecule has 9 nitrogen and oxygen atoms in total. The lowest BCUT2D eigenvalue weighted by Crippen LogP contribution is -2.49. The molecule has 0 radical (unpaired) electrons. The summed E-state index contributed by atoms with van der Waals surface area (Å²) in [6.07, 6.45) is 4.59. The zero-order valence-corrected chi connectivity index (χ0v) is 13.0. The number of carbonyl (C=O) groups is 1. The van der Waals surface area contributed by atoms with E-state index in [0.717, 1.165) is 26.2 Å². The summed E-state index contributed by atoms with van der Waals surface area (Å²) in [6, 6.07) is 1.57. The molecule has 0 unspecified atom stereocenters. The fourth-order valence-corrected chi connectivity index (χ4v) is 2.50. The van der Waals surface area contributed by atoms with Gasteiger partial charge < -0.3 is 9.64 Å². The number of carbonyl (C=O) groups excluding carboxylic acids is 1. The Hall–Kier alpha value is -2.55. The van der Waals surface area contributed by atoms with Gasteiger partial charge in [-0.05, 0) is 0 Å². The van der Waals surface area contributed by atoms with Crippen LogP contribution >= 0.6 is 0 Å². The highest BCUT2D eigenvalue weighted by atomic mass is 16.5. The van der Waals surface area contributed by atoms with Crippen LogP contribution in [0.2, 0.25) is 0 Å². The molecule has 0 spiro atoms. The number of piperazine rings is 1. The minimum absolute atomic E-state index is 0.0818. The van der Waals surface area contributed by atoms with Crippen LogP contribution in [0.15, 0.2) is 25.0 Å². The molecule has 1 aliphatic heterocycles. The Kier molecular flexibility index (Phi) is 4.77. The van der Waals surface area contributed by atoms with Crippen molar-refractivity contribution in [1.82, 2.24) is 34.5 Å². The van der Waals surface area contributed by atoms with Gasteiger partial charge in [0.25, 0.3) is 5.91 Å². The van der Waals surface area contributed by atoms with Gasteiger partial charge in [-0.3, -0.25) is 14.4 Å².